The molecule has 1 amide bonds. The zero-order valence-electron chi connectivity index (χ0n) is 9.56. The van der Waals surface area contributed by atoms with Crippen molar-refractivity contribution in [2.24, 2.45) is 11.7 Å². The summed E-state index contributed by atoms with van der Waals surface area (Å²) in [7, 11) is 0. The molecule has 1 heterocycles. The fraction of sp³-hybridized carbons (Fsp3) is 0.909. The van der Waals surface area contributed by atoms with E-state index < -0.39 is 0 Å². The monoisotopic (exact) mass is 248 g/mol. The molecule has 0 radical (unpaired) electrons. The maximum Gasteiger partial charge on any atom is 0.227 e. The van der Waals surface area contributed by atoms with Crippen LogP contribution in [0.5, 0.6) is 0 Å². The summed E-state index contributed by atoms with van der Waals surface area (Å²) in [5, 5.41) is 0. The minimum atomic E-state index is 0. The van der Waals surface area contributed by atoms with Crippen LogP contribution in [0, 0.1) is 5.92 Å². The predicted molar refractivity (Wildman–Crippen MR) is 64.6 cm³/mol. The van der Waals surface area contributed by atoms with E-state index in [1.807, 2.05) is 4.90 Å². The van der Waals surface area contributed by atoms with Crippen LogP contribution in [0.3, 0.4) is 0 Å². The normalized spacial score (nSPS) is 30.7. The number of hydrogen-bond donors (Lipinski definition) is 1. The van der Waals surface area contributed by atoms with E-state index in [1.54, 1.807) is 0 Å². The molecule has 1 aliphatic heterocycles. The molecule has 0 aromatic carbocycles. The molecule has 2 N–H and O–H groups in total. The largest absolute Gasteiger partial charge is 0.380 e. The molecule has 2 aliphatic rings. The highest BCUT2D eigenvalue weighted by atomic mass is 35.5. The summed E-state index contributed by atoms with van der Waals surface area (Å²) < 4.78 is 5.34. The summed E-state index contributed by atoms with van der Waals surface area (Å²) in [5.74, 6) is 0.327. The van der Waals surface area contributed by atoms with Gasteiger partial charge in [-0.05, 0) is 19.3 Å². The number of nitrogens with zero attached hydrogens (tertiary/aromatic N) is 1. The van der Waals surface area contributed by atoms with Gasteiger partial charge in [-0.1, -0.05) is 6.42 Å². The second kappa shape index (κ2) is 6.42. The van der Waals surface area contributed by atoms with Crippen molar-refractivity contribution < 1.29 is 9.53 Å². The second-order valence-corrected chi connectivity index (χ2v) is 4.49. The Morgan fingerprint density at radius 1 is 1.19 bits per heavy atom. The van der Waals surface area contributed by atoms with Gasteiger partial charge in [-0.3, -0.25) is 4.79 Å². The number of hydrogen-bond acceptors (Lipinski definition) is 3. The van der Waals surface area contributed by atoms with E-state index in [9.17, 15) is 4.79 Å². The van der Waals surface area contributed by atoms with E-state index in [0.717, 1.165) is 45.4 Å². The van der Waals surface area contributed by atoms with Crippen LogP contribution in [0.4, 0.5) is 0 Å². The van der Waals surface area contributed by atoms with E-state index in [4.69, 9.17) is 10.5 Å². The SMILES string of the molecule is Cl.NC1CCCC1C(=O)N1CCCOCC1. The highest BCUT2D eigenvalue weighted by molar-refractivity contribution is 5.85. The molecular formula is C11H21ClN2O2. The van der Waals surface area contributed by atoms with Crippen LogP contribution in [0.2, 0.25) is 0 Å². The lowest BCUT2D eigenvalue weighted by Crippen LogP contribution is -2.42. The summed E-state index contributed by atoms with van der Waals surface area (Å²) in [6, 6.07) is 0.0849. The van der Waals surface area contributed by atoms with Crippen molar-refractivity contribution in [2.45, 2.75) is 31.7 Å². The average molecular weight is 249 g/mol. The standard InChI is InChI=1S/C11H20N2O2.ClH/c12-10-4-1-3-9(10)11(14)13-5-2-7-15-8-6-13;/h9-10H,1-8,12H2;1H. The Bertz CT molecular complexity index is 230. The van der Waals surface area contributed by atoms with Crippen molar-refractivity contribution in [1.82, 2.24) is 4.90 Å². The van der Waals surface area contributed by atoms with Crippen molar-refractivity contribution in [3.63, 3.8) is 0 Å². The quantitative estimate of drug-likeness (QED) is 0.746. The van der Waals surface area contributed by atoms with Crippen LogP contribution in [-0.4, -0.2) is 43.2 Å². The number of ether oxygens (including phenoxy) is 1. The Morgan fingerprint density at radius 3 is 2.69 bits per heavy atom. The number of nitrogens with two attached hydrogens (primary N) is 1. The lowest BCUT2D eigenvalue weighted by molar-refractivity contribution is -0.135. The van der Waals surface area contributed by atoms with Gasteiger partial charge in [0.15, 0.2) is 0 Å². The molecule has 1 aliphatic carbocycles. The van der Waals surface area contributed by atoms with Gasteiger partial charge >= 0.3 is 0 Å². The summed E-state index contributed by atoms with van der Waals surface area (Å²) >= 11 is 0. The van der Waals surface area contributed by atoms with Gasteiger partial charge in [0.2, 0.25) is 5.91 Å². The van der Waals surface area contributed by atoms with Crippen LogP contribution in [0.15, 0.2) is 0 Å². The number of carbonyl (C=O) groups is 1. The third-order valence-corrected chi connectivity index (χ3v) is 3.42. The molecule has 16 heavy (non-hydrogen) atoms. The fourth-order valence-corrected chi connectivity index (χ4v) is 2.50. The van der Waals surface area contributed by atoms with Gasteiger partial charge < -0.3 is 15.4 Å². The highest BCUT2D eigenvalue weighted by Crippen LogP contribution is 2.26. The topological polar surface area (TPSA) is 55.6 Å². The third kappa shape index (κ3) is 3.09. The molecule has 0 aromatic rings. The average Bonchev–Trinajstić information content (AvgIpc) is 2.53. The Labute approximate surface area is 103 Å². The Kier molecular flexibility index (Phi) is 5.52. The first kappa shape index (κ1) is 13.7. The van der Waals surface area contributed by atoms with E-state index >= 15 is 0 Å². The predicted octanol–water partition coefficient (Wildman–Crippen LogP) is 0.784. The molecule has 0 bridgehead atoms. The van der Waals surface area contributed by atoms with Crippen molar-refractivity contribution >= 4 is 18.3 Å². The van der Waals surface area contributed by atoms with E-state index in [-0.39, 0.29) is 30.3 Å². The van der Waals surface area contributed by atoms with Crippen LogP contribution in [-0.2, 0) is 9.53 Å². The zero-order chi connectivity index (χ0) is 10.7. The van der Waals surface area contributed by atoms with Crippen molar-refractivity contribution in [3.05, 3.63) is 0 Å². The molecule has 4 nitrogen and oxygen atoms in total. The van der Waals surface area contributed by atoms with Crippen LogP contribution in [0.25, 0.3) is 0 Å². The Balaban J connectivity index is 0.00000128. The first-order chi connectivity index (χ1) is 7.29. The molecule has 5 heteroatoms. The molecule has 2 unspecified atom stereocenters. The minimum absolute atomic E-state index is 0. The van der Waals surface area contributed by atoms with Crippen LogP contribution >= 0.6 is 12.4 Å². The van der Waals surface area contributed by atoms with Gasteiger partial charge in [-0.15, -0.1) is 12.4 Å². The van der Waals surface area contributed by atoms with Gasteiger partial charge in [-0.25, -0.2) is 0 Å². The molecule has 1 saturated carbocycles. The lowest BCUT2D eigenvalue weighted by atomic mass is 10.0. The van der Waals surface area contributed by atoms with E-state index in [1.165, 1.54) is 0 Å². The number of carbonyl (C=O) groups excluding carboxylic acids is 1. The molecule has 1 saturated heterocycles. The van der Waals surface area contributed by atoms with Gasteiger partial charge in [-0.2, -0.15) is 0 Å². The highest BCUT2D eigenvalue weighted by Gasteiger charge is 2.33. The fourth-order valence-electron chi connectivity index (χ4n) is 2.50. The van der Waals surface area contributed by atoms with Crippen LogP contribution < -0.4 is 5.73 Å². The summed E-state index contributed by atoms with van der Waals surface area (Å²) in [6.07, 6.45) is 4.02. The number of rotatable bonds is 1. The van der Waals surface area contributed by atoms with Gasteiger partial charge in [0, 0.05) is 25.7 Å². The second-order valence-electron chi connectivity index (χ2n) is 4.49. The number of halogens is 1. The zero-order valence-corrected chi connectivity index (χ0v) is 10.4. The third-order valence-electron chi connectivity index (χ3n) is 3.42. The lowest BCUT2D eigenvalue weighted by Gasteiger charge is -2.25. The molecular weight excluding hydrogens is 228 g/mol. The Morgan fingerprint density at radius 2 is 2.00 bits per heavy atom. The van der Waals surface area contributed by atoms with Crippen LogP contribution in [0.1, 0.15) is 25.7 Å². The molecule has 2 fully saturated rings. The maximum absolute atomic E-state index is 12.2. The van der Waals surface area contributed by atoms with Gasteiger partial charge in [0.05, 0.1) is 12.5 Å². The molecule has 2 rings (SSSR count). The van der Waals surface area contributed by atoms with Crippen molar-refractivity contribution in [2.75, 3.05) is 26.3 Å². The van der Waals surface area contributed by atoms with Gasteiger partial charge in [0.1, 0.15) is 0 Å². The Hall–Kier alpha value is -0.320. The van der Waals surface area contributed by atoms with E-state index in [2.05, 4.69) is 0 Å². The summed E-state index contributed by atoms with van der Waals surface area (Å²) in [6.45, 7) is 3.03. The minimum Gasteiger partial charge on any atom is -0.380 e. The first-order valence-electron chi connectivity index (χ1n) is 5.91. The van der Waals surface area contributed by atoms with Crippen molar-refractivity contribution in [1.29, 1.82) is 0 Å². The molecule has 2 atom stereocenters. The maximum atomic E-state index is 12.2. The molecule has 0 aromatic heterocycles. The smallest absolute Gasteiger partial charge is 0.227 e. The molecule has 0 spiro atoms. The summed E-state index contributed by atoms with van der Waals surface area (Å²) in [5.41, 5.74) is 5.95. The first-order valence-corrected chi connectivity index (χ1v) is 5.91. The summed E-state index contributed by atoms with van der Waals surface area (Å²) in [4.78, 5) is 14.1. The van der Waals surface area contributed by atoms with Gasteiger partial charge in [0.25, 0.3) is 0 Å². The van der Waals surface area contributed by atoms with Crippen molar-refractivity contribution in [3.8, 4) is 0 Å². The number of amides is 1. The van der Waals surface area contributed by atoms with E-state index in [0.29, 0.717) is 6.61 Å². The molecule has 94 valence electrons.